The van der Waals surface area contributed by atoms with Crippen molar-refractivity contribution in [3.63, 3.8) is 0 Å². The van der Waals surface area contributed by atoms with E-state index >= 15 is 0 Å². The molecular weight excluding hydrogens is 322 g/mol. The smallest absolute Gasteiger partial charge is 0.338 e. The second-order valence-electron chi connectivity index (χ2n) is 4.19. The van der Waals surface area contributed by atoms with Gasteiger partial charge in [-0.1, -0.05) is 28.1 Å². The molecule has 3 aromatic rings. The van der Waals surface area contributed by atoms with Crippen molar-refractivity contribution in [3.8, 4) is 11.1 Å². The summed E-state index contributed by atoms with van der Waals surface area (Å²) in [6.07, 6.45) is 1.39. The van der Waals surface area contributed by atoms with Gasteiger partial charge < -0.3 is 9.15 Å². The molecule has 5 heteroatoms. The molecule has 0 saturated heterocycles. The van der Waals surface area contributed by atoms with Gasteiger partial charge in [0.15, 0.2) is 12.0 Å². The summed E-state index contributed by atoms with van der Waals surface area (Å²) in [5.74, 6) is -0.385. The number of ether oxygens (including phenoxy) is 1. The molecule has 1 heterocycles. The predicted octanol–water partition coefficient (Wildman–Crippen LogP) is 4.04. The van der Waals surface area contributed by atoms with Crippen molar-refractivity contribution in [3.05, 3.63) is 52.8 Å². The lowest BCUT2D eigenvalue weighted by atomic mass is 9.99. The molecule has 3 rings (SSSR count). The van der Waals surface area contributed by atoms with Crippen LogP contribution in [0.5, 0.6) is 0 Å². The van der Waals surface area contributed by atoms with Gasteiger partial charge in [0.2, 0.25) is 0 Å². The molecule has 0 unspecified atom stereocenters. The number of methoxy groups -OCH3 is 1. The first-order chi connectivity index (χ1) is 9.70. The van der Waals surface area contributed by atoms with Gasteiger partial charge in [0.05, 0.1) is 12.7 Å². The second kappa shape index (κ2) is 5.09. The highest BCUT2D eigenvalue weighted by Gasteiger charge is 2.17. The summed E-state index contributed by atoms with van der Waals surface area (Å²) in [4.78, 5) is 16.0. The van der Waals surface area contributed by atoms with Crippen molar-refractivity contribution in [1.82, 2.24) is 4.98 Å². The fraction of sp³-hybridized carbons (Fsp3) is 0.0667. The number of fused-ring (bicyclic) bond motifs is 1. The average Bonchev–Trinajstić information content (AvgIpc) is 2.94. The van der Waals surface area contributed by atoms with Crippen LogP contribution < -0.4 is 0 Å². The van der Waals surface area contributed by atoms with E-state index in [0.29, 0.717) is 11.1 Å². The van der Waals surface area contributed by atoms with Crippen LogP contribution in [0, 0.1) is 0 Å². The number of esters is 1. The molecule has 0 aliphatic heterocycles. The van der Waals surface area contributed by atoms with Gasteiger partial charge in [0, 0.05) is 15.6 Å². The maximum Gasteiger partial charge on any atom is 0.338 e. The molecule has 0 amide bonds. The highest BCUT2D eigenvalue weighted by Crippen LogP contribution is 2.33. The van der Waals surface area contributed by atoms with Crippen LogP contribution >= 0.6 is 15.9 Å². The topological polar surface area (TPSA) is 52.3 Å². The Morgan fingerprint density at radius 2 is 2.10 bits per heavy atom. The normalized spacial score (nSPS) is 10.7. The van der Waals surface area contributed by atoms with Crippen LogP contribution in [0.2, 0.25) is 0 Å². The van der Waals surface area contributed by atoms with Gasteiger partial charge in [0.25, 0.3) is 0 Å². The van der Waals surface area contributed by atoms with E-state index in [4.69, 9.17) is 9.15 Å². The Hall–Kier alpha value is -2.14. The van der Waals surface area contributed by atoms with Crippen LogP contribution in [0.15, 0.2) is 51.7 Å². The fourth-order valence-electron chi connectivity index (χ4n) is 2.13. The number of hydrogen-bond acceptors (Lipinski definition) is 4. The van der Waals surface area contributed by atoms with Crippen molar-refractivity contribution >= 4 is 33.0 Å². The molecule has 100 valence electrons. The summed E-state index contributed by atoms with van der Waals surface area (Å²) in [6.45, 7) is 0. The average molecular weight is 332 g/mol. The lowest BCUT2D eigenvalue weighted by molar-refractivity contribution is 0.0601. The molecule has 2 aromatic carbocycles. The molecule has 0 fully saturated rings. The molecule has 0 bridgehead atoms. The van der Waals surface area contributed by atoms with Crippen molar-refractivity contribution in [2.24, 2.45) is 0 Å². The lowest BCUT2D eigenvalue weighted by Crippen LogP contribution is -2.03. The Bertz CT molecular complexity index is 795. The minimum absolute atomic E-state index is 0.385. The molecular formula is C15H10BrNO3. The number of carbonyl (C=O) groups excluding carboxylic acids is 1. The monoisotopic (exact) mass is 331 g/mol. The Kier molecular flexibility index (Phi) is 3.28. The SMILES string of the molecule is COC(=O)c1ccc(Br)cc1-c1cccc2ncoc12. The maximum absolute atomic E-state index is 11.9. The lowest BCUT2D eigenvalue weighted by Gasteiger charge is -2.09. The highest BCUT2D eigenvalue weighted by atomic mass is 79.9. The zero-order valence-electron chi connectivity index (χ0n) is 10.6. The van der Waals surface area contributed by atoms with Crippen LogP contribution in [-0.2, 0) is 4.74 Å². The third-order valence-corrected chi connectivity index (χ3v) is 3.53. The molecule has 0 saturated carbocycles. The zero-order chi connectivity index (χ0) is 14.1. The van der Waals surface area contributed by atoms with Crippen LogP contribution in [0.1, 0.15) is 10.4 Å². The number of aromatic nitrogens is 1. The van der Waals surface area contributed by atoms with Crippen LogP contribution in [-0.4, -0.2) is 18.1 Å². The molecule has 0 aliphatic carbocycles. The largest absolute Gasteiger partial charge is 0.465 e. The van der Waals surface area contributed by atoms with Crippen LogP contribution in [0.3, 0.4) is 0 Å². The standard InChI is InChI=1S/C15H10BrNO3/c1-19-15(18)11-6-5-9(16)7-12(11)10-3-2-4-13-14(10)20-8-17-13/h2-8H,1H3. The summed E-state index contributed by atoms with van der Waals surface area (Å²) in [5.41, 5.74) is 3.43. The molecule has 0 radical (unpaired) electrons. The number of benzene rings is 2. The maximum atomic E-state index is 11.9. The summed E-state index contributed by atoms with van der Waals surface area (Å²) in [5, 5.41) is 0. The van der Waals surface area contributed by atoms with E-state index in [9.17, 15) is 4.79 Å². The molecule has 4 nitrogen and oxygen atoms in total. The Morgan fingerprint density at radius 1 is 1.25 bits per heavy atom. The number of rotatable bonds is 2. The Balaban J connectivity index is 2.30. The molecule has 0 atom stereocenters. The van der Waals surface area contributed by atoms with E-state index in [2.05, 4.69) is 20.9 Å². The van der Waals surface area contributed by atoms with E-state index in [1.54, 1.807) is 12.1 Å². The second-order valence-corrected chi connectivity index (χ2v) is 5.10. The number of hydrogen-bond donors (Lipinski definition) is 0. The van der Waals surface area contributed by atoms with Gasteiger partial charge in [-0.3, -0.25) is 0 Å². The molecule has 0 N–H and O–H groups in total. The third-order valence-electron chi connectivity index (χ3n) is 3.03. The van der Waals surface area contributed by atoms with E-state index < -0.39 is 0 Å². The zero-order valence-corrected chi connectivity index (χ0v) is 12.2. The van der Waals surface area contributed by atoms with E-state index in [0.717, 1.165) is 21.1 Å². The highest BCUT2D eigenvalue weighted by molar-refractivity contribution is 9.10. The number of para-hydroxylation sites is 1. The minimum Gasteiger partial charge on any atom is -0.465 e. The Labute approximate surface area is 123 Å². The van der Waals surface area contributed by atoms with E-state index in [1.807, 2.05) is 24.3 Å². The first kappa shape index (κ1) is 12.9. The Morgan fingerprint density at radius 3 is 2.90 bits per heavy atom. The molecule has 20 heavy (non-hydrogen) atoms. The molecule has 0 spiro atoms. The van der Waals surface area contributed by atoms with Crippen molar-refractivity contribution in [2.75, 3.05) is 7.11 Å². The predicted molar refractivity (Wildman–Crippen MR) is 78.5 cm³/mol. The third kappa shape index (κ3) is 2.10. The first-order valence-corrected chi connectivity index (χ1v) is 6.70. The van der Waals surface area contributed by atoms with E-state index in [1.165, 1.54) is 13.5 Å². The summed E-state index contributed by atoms with van der Waals surface area (Å²) in [6, 6.07) is 11.0. The quantitative estimate of drug-likeness (QED) is 0.665. The van der Waals surface area contributed by atoms with Crippen molar-refractivity contribution in [2.45, 2.75) is 0 Å². The van der Waals surface area contributed by atoms with Crippen LogP contribution in [0.25, 0.3) is 22.2 Å². The van der Waals surface area contributed by atoms with Crippen LogP contribution in [0.4, 0.5) is 0 Å². The van der Waals surface area contributed by atoms with Gasteiger partial charge >= 0.3 is 5.97 Å². The first-order valence-electron chi connectivity index (χ1n) is 5.91. The van der Waals surface area contributed by atoms with Gasteiger partial charge in [-0.05, 0) is 24.3 Å². The number of carbonyl (C=O) groups is 1. The van der Waals surface area contributed by atoms with Crippen molar-refractivity contribution < 1.29 is 13.9 Å². The summed E-state index contributed by atoms with van der Waals surface area (Å²) in [7, 11) is 1.36. The van der Waals surface area contributed by atoms with Gasteiger partial charge in [-0.25, -0.2) is 9.78 Å². The number of nitrogens with zero attached hydrogens (tertiary/aromatic N) is 1. The number of oxazole rings is 1. The number of halogens is 1. The molecule has 0 aliphatic rings. The fourth-order valence-corrected chi connectivity index (χ4v) is 2.49. The summed E-state index contributed by atoms with van der Waals surface area (Å²) < 4.78 is 11.1. The van der Waals surface area contributed by atoms with Gasteiger partial charge in [0.1, 0.15) is 5.52 Å². The van der Waals surface area contributed by atoms with E-state index in [-0.39, 0.29) is 5.97 Å². The molecule has 1 aromatic heterocycles. The van der Waals surface area contributed by atoms with Crippen molar-refractivity contribution in [1.29, 1.82) is 0 Å². The van der Waals surface area contributed by atoms with Gasteiger partial charge in [-0.15, -0.1) is 0 Å². The minimum atomic E-state index is -0.385. The van der Waals surface area contributed by atoms with Gasteiger partial charge in [-0.2, -0.15) is 0 Å². The summed E-state index contributed by atoms with van der Waals surface area (Å²) >= 11 is 3.42.